The number of nitrogens with two attached hydrogens (primary N) is 1. The van der Waals surface area contributed by atoms with Crippen LogP contribution in [0, 0.1) is 11.3 Å². The van der Waals surface area contributed by atoms with E-state index in [-0.39, 0.29) is 0 Å². The molecule has 0 bridgehead atoms. The third kappa shape index (κ3) is 3.26. The zero-order valence-corrected chi connectivity index (χ0v) is 10.6. The fourth-order valence-electron chi connectivity index (χ4n) is 1.35. The van der Waals surface area contributed by atoms with E-state index in [1.165, 1.54) is 7.11 Å². The number of hydrogen-bond donors (Lipinski definition) is 1. The molecule has 1 unspecified atom stereocenters. The average molecular weight is 255 g/mol. The predicted molar refractivity (Wildman–Crippen MR) is 66.2 cm³/mol. The minimum atomic E-state index is -0.537. The van der Waals surface area contributed by atoms with Gasteiger partial charge >= 0.3 is 0 Å². The Kier molecular flexibility index (Phi) is 5.08. The molecule has 0 saturated heterocycles. The number of halogens is 1. The van der Waals surface area contributed by atoms with Crippen LogP contribution in [0.4, 0.5) is 0 Å². The average Bonchev–Trinajstić information content (AvgIpc) is 2.36. The summed E-state index contributed by atoms with van der Waals surface area (Å²) >= 11 is 6.08. The lowest BCUT2D eigenvalue weighted by molar-refractivity contribution is 0.239. The van der Waals surface area contributed by atoms with Gasteiger partial charge in [0.1, 0.15) is 6.07 Å². The van der Waals surface area contributed by atoms with Gasteiger partial charge in [0.15, 0.2) is 17.6 Å². The summed E-state index contributed by atoms with van der Waals surface area (Å²) in [4.78, 5) is 0. The van der Waals surface area contributed by atoms with Crippen LogP contribution >= 0.6 is 11.6 Å². The maximum absolute atomic E-state index is 8.86. The van der Waals surface area contributed by atoms with Gasteiger partial charge < -0.3 is 15.2 Å². The molecule has 0 amide bonds. The van der Waals surface area contributed by atoms with Crippen LogP contribution in [0.25, 0.3) is 0 Å². The van der Waals surface area contributed by atoms with Crippen LogP contribution < -0.4 is 15.2 Å². The predicted octanol–water partition coefficient (Wildman–Crippen LogP) is 2.49. The van der Waals surface area contributed by atoms with Gasteiger partial charge in [0.05, 0.1) is 12.1 Å². The van der Waals surface area contributed by atoms with Crippen LogP contribution in [0.5, 0.6) is 11.5 Å². The minimum absolute atomic E-state index is 0.367. The summed E-state index contributed by atoms with van der Waals surface area (Å²) in [5.74, 6) is 0.881. The van der Waals surface area contributed by atoms with Crippen molar-refractivity contribution in [2.75, 3.05) is 7.11 Å². The Labute approximate surface area is 106 Å². The fourth-order valence-corrected chi connectivity index (χ4v) is 1.63. The third-order valence-corrected chi connectivity index (χ3v) is 2.58. The molecular weight excluding hydrogens is 240 g/mol. The van der Waals surface area contributed by atoms with Crippen molar-refractivity contribution < 1.29 is 9.47 Å². The van der Waals surface area contributed by atoms with Crippen LogP contribution in [0.15, 0.2) is 12.1 Å². The van der Waals surface area contributed by atoms with Gasteiger partial charge in [-0.1, -0.05) is 18.5 Å². The number of nitrogens with zero attached hydrogens (tertiary/aromatic N) is 1. The number of ether oxygens (including phenoxy) is 2. The highest BCUT2D eigenvalue weighted by Crippen LogP contribution is 2.37. The molecule has 17 heavy (non-hydrogen) atoms. The lowest BCUT2D eigenvalue weighted by Crippen LogP contribution is -2.13. The minimum Gasteiger partial charge on any atom is -0.493 e. The molecule has 5 heteroatoms. The second-order valence-electron chi connectivity index (χ2n) is 3.46. The van der Waals surface area contributed by atoms with Gasteiger partial charge in [-0.15, -0.1) is 0 Å². The Bertz CT molecular complexity index is 429. The van der Waals surface area contributed by atoms with E-state index in [0.29, 0.717) is 29.5 Å². The summed E-state index contributed by atoms with van der Waals surface area (Å²) in [5.41, 5.74) is 6.39. The van der Waals surface area contributed by atoms with Crippen molar-refractivity contribution in [2.45, 2.75) is 26.0 Å². The van der Waals surface area contributed by atoms with Gasteiger partial charge in [0.25, 0.3) is 0 Å². The van der Waals surface area contributed by atoms with Crippen molar-refractivity contribution in [1.29, 1.82) is 5.26 Å². The second kappa shape index (κ2) is 6.33. The molecular formula is C12H15ClN2O2. The van der Waals surface area contributed by atoms with E-state index in [9.17, 15) is 0 Å². The van der Waals surface area contributed by atoms with Gasteiger partial charge in [-0.25, -0.2) is 0 Å². The molecule has 0 radical (unpaired) electrons. The van der Waals surface area contributed by atoms with Crippen LogP contribution in [0.1, 0.15) is 18.9 Å². The molecule has 92 valence electrons. The molecule has 0 aliphatic carbocycles. The number of methoxy groups -OCH3 is 1. The summed E-state index contributed by atoms with van der Waals surface area (Å²) in [6.45, 7) is 2.23. The second-order valence-corrected chi connectivity index (χ2v) is 3.86. The molecule has 0 spiro atoms. The smallest absolute Gasteiger partial charge is 0.184 e. The first-order chi connectivity index (χ1) is 8.15. The molecule has 1 rings (SSSR count). The van der Waals surface area contributed by atoms with Crippen molar-refractivity contribution in [3.63, 3.8) is 0 Å². The largest absolute Gasteiger partial charge is 0.493 e. The quantitative estimate of drug-likeness (QED) is 0.877. The number of rotatable bonds is 5. The molecule has 4 nitrogen and oxygen atoms in total. The lowest BCUT2D eigenvalue weighted by atomic mass is 10.2. The van der Waals surface area contributed by atoms with Gasteiger partial charge in [0, 0.05) is 6.54 Å². The van der Waals surface area contributed by atoms with Crippen LogP contribution in [0.2, 0.25) is 5.02 Å². The molecule has 0 saturated carbocycles. The highest BCUT2D eigenvalue weighted by molar-refractivity contribution is 6.32. The first-order valence-electron chi connectivity index (χ1n) is 5.29. The Hall–Kier alpha value is -1.44. The molecule has 0 fully saturated rings. The summed E-state index contributed by atoms with van der Waals surface area (Å²) in [5, 5.41) is 9.27. The van der Waals surface area contributed by atoms with E-state index in [4.69, 9.17) is 32.1 Å². The molecule has 0 aliphatic heterocycles. The molecule has 2 N–H and O–H groups in total. The summed E-state index contributed by atoms with van der Waals surface area (Å²) in [6, 6.07) is 5.51. The zero-order chi connectivity index (χ0) is 12.8. The van der Waals surface area contributed by atoms with Crippen LogP contribution in [-0.4, -0.2) is 13.2 Å². The third-order valence-electron chi connectivity index (χ3n) is 2.30. The molecule has 0 aliphatic rings. The van der Waals surface area contributed by atoms with Gasteiger partial charge in [-0.2, -0.15) is 5.26 Å². The molecule has 0 heterocycles. The van der Waals surface area contributed by atoms with Crippen molar-refractivity contribution in [3.05, 3.63) is 22.7 Å². The van der Waals surface area contributed by atoms with E-state index in [1.54, 1.807) is 12.1 Å². The monoisotopic (exact) mass is 254 g/mol. The zero-order valence-electron chi connectivity index (χ0n) is 9.87. The van der Waals surface area contributed by atoms with E-state index in [0.717, 1.165) is 5.56 Å². The van der Waals surface area contributed by atoms with Crippen molar-refractivity contribution in [3.8, 4) is 17.6 Å². The van der Waals surface area contributed by atoms with E-state index < -0.39 is 6.10 Å². The van der Waals surface area contributed by atoms with Crippen LogP contribution in [-0.2, 0) is 6.54 Å². The molecule has 1 aromatic rings. The number of benzene rings is 1. The Morgan fingerprint density at radius 2 is 2.24 bits per heavy atom. The lowest BCUT2D eigenvalue weighted by Gasteiger charge is -2.16. The topological polar surface area (TPSA) is 68.3 Å². The Morgan fingerprint density at radius 3 is 2.71 bits per heavy atom. The van der Waals surface area contributed by atoms with E-state index in [1.807, 2.05) is 13.0 Å². The first kappa shape index (κ1) is 13.6. The normalized spacial score (nSPS) is 11.7. The highest BCUT2D eigenvalue weighted by atomic mass is 35.5. The molecule has 1 atom stereocenters. The van der Waals surface area contributed by atoms with E-state index in [2.05, 4.69) is 0 Å². The van der Waals surface area contributed by atoms with Crippen molar-refractivity contribution in [1.82, 2.24) is 0 Å². The first-order valence-corrected chi connectivity index (χ1v) is 5.66. The molecule has 1 aromatic carbocycles. The summed E-state index contributed by atoms with van der Waals surface area (Å²) in [6.07, 6.45) is 0.0411. The maximum Gasteiger partial charge on any atom is 0.184 e. The highest BCUT2D eigenvalue weighted by Gasteiger charge is 2.15. The van der Waals surface area contributed by atoms with Gasteiger partial charge in [-0.3, -0.25) is 0 Å². The summed E-state index contributed by atoms with van der Waals surface area (Å²) in [7, 11) is 1.52. The molecule has 0 aromatic heterocycles. The Morgan fingerprint density at radius 1 is 1.53 bits per heavy atom. The standard InChI is InChI=1S/C12H15ClN2O2/c1-3-9(7-15)17-12-10(13)4-8(6-14)5-11(12)16-2/h4-5,9H,3,6,14H2,1-2H3. The van der Waals surface area contributed by atoms with Crippen LogP contribution in [0.3, 0.4) is 0 Å². The SMILES string of the molecule is CCC(C#N)Oc1c(Cl)cc(CN)cc1OC. The van der Waals surface area contributed by atoms with Crippen molar-refractivity contribution >= 4 is 11.6 Å². The number of hydrogen-bond acceptors (Lipinski definition) is 4. The number of nitriles is 1. The maximum atomic E-state index is 8.86. The van der Waals surface area contributed by atoms with Crippen molar-refractivity contribution in [2.24, 2.45) is 5.73 Å². The van der Waals surface area contributed by atoms with Gasteiger partial charge in [-0.05, 0) is 24.1 Å². The van der Waals surface area contributed by atoms with E-state index >= 15 is 0 Å². The Balaban J connectivity index is 3.10. The fraction of sp³-hybridized carbons (Fsp3) is 0.417. The van der Waals surface area contributed by atoms with Gasteiger partial charge in [0.2, 0.25) is 0 Å². The summed E-state index contributed by atoms with van der Waals surface area (Å²) < 4.78 is 10.7.